The molecule has 192 valence electrons. The third kappa shape index (κ3) is 6.09. The van der Waals surface area contributed by atoms with Gasteiger partial charge in [0.1, 0.15) is 17.9 Å². The van der Waals surface area contributed by atoms with E-state index in [0.29, 0.717) is 10.9 Å². The van der Waals surface area contributed by atoms with Gasteiger partial charge in [-0.1, -0.05) is 32.0 Å². The summed E-state index contributed by atoms with van der Waals surface area (Å²) in [5.74, 6) is -1.01. The Balaban J connectivity index is 1.70. The van der Waals surface area contributed by atoms with E-state index in [1.54, 1.807) is 45.0 Å². The number of hydrogen-bond donors (Lipinski definition) is 2. The van der Waals surface area contributed by atoms with E-state index in [1.807, 2.05) is 13.8 Å². The van der Waals surface area contributed by atoms with Gasteiger partial charge in [-0.15, -0.1) is 0 Å². The molecular weight excluding hydrogens is 468 g/mol. The van der Waals surface area contributed by atoms with Crippen LogP contribution in [0.3, 0.4) is 0 Å². The van der Waals surface area contributed by atoms with Gasteiger partial charge < -0.3 is 24.5 Å². The number of aromatic nitrogens is 2. The second-order valence-electron chi connectivity index (χ2n) is 9.44. The molecule has 0 unspecified atom stereocenters. The first-order valence-electron chi connectivity index (χ1n) is 11.4. The number of rotatable bonds is 7. The van der Waals surface area contributed by atoms with Gasteiger partial charge in [-0.25, -0.2) is 14.6 Å². The number of methoxy groups -OCH3 is 1. The first kappa shape index (κ1) is 26.5. The van der Waals surface area contributed by atoms with E-state index in [2.05, 4.69) is 15.6 Å². The van der Waals surface area contributed by atoms with Gasteiger partial charge in [-0.3, -0.25) is 14.2 Å². The van der Waals surface area contributed by atoms with Crippen LogP contribution in [-0.4, -0.2) is 52.7 Å². The zero-order chi connectivity index (χ0) is 26.6. The molecule has 2 amide bonds. The standard InChI is InChI=1S/C25H30N4O7/c1-14(2)20(28-23(32)36-25(3,4)5)22-27-17(13-35-22)21(31)26-11-19(30)16-12-29(24(33)34-6)18-10-8-7-9-15(16)18/h7-10,12-14,20H,11H2,1-6H3,(H,26,31)(H,28,32)/t20-/m0/s1. The van der Waals surface area contributed by atoms with Crippen LogP contribution in [0.5, 0.6) is 0 Å². The smallest absolute Gasteiger partial charge is 0.418 e. The van der Waals surface area contributed by atoms with E-state index in [9.17, 15) is 19.2 Å². The number of para-hydroxylation sites is 1. The van der Waals surface area contributed by atoms with Crippen LogP contribution in [-0.2, 0) is 9.47 Å². The summed E-state index contributed by atoms with van der Waals surface area (Å²) in [5, 5.41) is 5.78. The molecule has 2 aromatic heterocycles. The molecule has 3 rings (SSSR count). The molecule has 11 heteroatoms. The quantitative estimate of drug-likeness (QED) is 0.464. The SMILES string of the molecule is COC(=O)n1cc(C(=O)CNC(=O)c2coc([C@@H](NC(=O)OC(C)(C)C)C(C)C)n2)c2ccccc21. The number of nitrogens with zero attached hydrogens (tertiary/aromatic N) is 2. The van der Waals surface area contributed by atoms with Crippen LogP contribution in [0.15, 0.2) is 41.1 Å². The number of amides is 2. The number of nitrogens with one attached hydrogen (secondary N) is 2. The first-order chi connectivity index (χ1) is 16.9. The Morgan fingerprint density at radius 1 is 1.14 bits per heavy atom. The molecule has 2 N–H and O–H groups in total. The van der Waals surface area contributed by atoms with E-state index in [4.69, 9.17) is 13.9 Å². The molecule has 0 saturated carbocycles. The summed E-state index contributed by atoms with van der Waals surface area (Å²) in [6, 6.07) is 6.24. The number of fused-ring (bicyclic) bond motifs is 1. The Morgan fingerprint density at radius 2 is 1.83 bits per heavy atom. The maximum Gasteiger partial charge on any atom is 0.418 e. The maximum absolute atomic E-state index is 12.9. The van der Waals surface area contributed by atoms with Gasteiger partial charge in [0.2, 0.25) is 5.89 Å². The molecule has 0 spiro atoms. The molecule has 0 fully saturated rings. The number of ether oxygens (including phenoxy) is 2. The van der Waals surface area contributed by atoms with Gasteiger partial charge in [0.25, 0.3) is 5.91 Å². The molecule has 0 aliphatic heterocycles. The Hall–Kier alpha value is -4.15. The molecule has 1 atom stereocenters. The predicted molar refractivity (Wildman–Crippen MR) is 130 cm³/mol. The minimum absolute atomic E-state index is 0.0496. The van der Waals surface area contributed by atoms with Crippen molar-refractivity contribution in [1.82, 2.24) is 20.2 Å². The largest absolute Gasteiger partial charge is 0.452 e. The van der Waals surface area contributed by atoms with Crippen molar-refractivity contribution in [1.29, 1.82) is 0 Å². The van der Waals surface area contributed by atoms with Crippen molar-refractivity contribution in [2.45, 2.75) is 46.3 Å². The fraction of sp³-hybridized carbons (Fsp3) is 0.400. The Kier molecular flexibility index (Phi) is 7.81. The molecule has 11 nitrogen and oxygen atoms in total. The minimum atomic E-state index is -0.678. The molecular formula is C25H30N4O7. The summed E-state index contributed by atoms with van der Waals surface area (Å²) < 4.78 is 16.7. The molecule has 0 aliphatic carbocycles. The van der Waals surface area contributed by atoms with Gasteiger partial charge >= 0.3 is 12.2 Å². The highest BCUT2D eigenvalue weighted by atomic mass is 16.6. The average Bonchev–Trinajstić information content (AvgIpc) is 3.44. The van der Waals surface area contributed by atoms with Gasteiger partial charge in [-0.05, 0) is 32.8 Å². The van der Waals surface area contributed by atoms with E-state index in [0.717, 1.165) is 6.26 Å². The zero-order valence-electron chi connectivity index (χ0n) is 21.1. The van der Waals surface area contributed by atoms with E-state index >= 15 is 0 Å². The van der Waals surface area contributed by atoms with Crippen molar-refractivity contribution in [2.24, 2.45) is 5.92 Å². The van der Waals surface area contributed by atoms with Gasteiger partial charge in [0.15, 0.2) is 11.5 Å². The molecule has 36 heavy (non-hydrogen) atoms. The second-order valence-corrected chi connectivity index (χ2v) is 9.44. The second kappa shape index (κ2) is 10.6. The Bertz CT molecular complexity index is 1280. The summed E-state index contributed by atoms with van der Waals surface area (Å²) in [5.41, 5.74) is 0.0468. The topological polar surface area (TPSA) is 142 Å². The first-order valence-corrected chi connectivity index (χ1v) is 11.4. The number of oxazole rings is 1. The number of ketones is 1. The lowest BCUT2D eigenvalue weighted by Gasteiger charge is -2.24. The third-order valence-electron chi connectivity index (χ3n) is 5.15. The zero-order valence-corrected chi connectivity index (χ0v) is 21.1. The maximum atomic E-state index is 12.9. The molecule has 0 aliphatic rings. The van der Waals surface area contributed by atoms with Crippen molar-refractivity contribution in [3.05, 3.63) is 53.9 Å². The fourth-order valence-electron chi connectivity index (χ4n) is 3.48. The highest BCUT2D eigenvalue weighted by Crippen LogP contribution is 2.23. The van der Waals surface area contributed by atoms with E-state index in [-0.39, 0.29) is 29.6 Å². The summed E-state index contributed by atoms with van der Waals surface area (Å²) in [4.78, 5) is 54.0. The van der Waals surface area contributed by atoms with Crippen LogP contribution >= 0.6 is 0 Å². The van der Waals surface area contributed by atoms with Crippen molar-refractivity contribution in [3.8, 4) is 0 Å². The van der Waals surface area contributed by atoms with Gasteiger partial charge in [0.05, 0.1) is 19.2 Å². The molecule has 0 radical (unpaired) electrons. The molecule has 1 aromatic carbocycles. The lowest BCUT2D eigenvalue weighted by Crippen LogP contribution is -2.37. The summed E-state index contributed by atoms with van der Waals surface area (Å²) >= 11 is 0. The van der Waals surface area contributed by atoms with Crippen molar-refractivity contribution < 1.29 is 33.1 Å². The highest BCUT2D eigenvalue weighted by molar-refractivity contribution is 6.11. The number of carbonyl (C=O) groups is 4. The fourth-order valence-corrected chi connectivity index (χ4v) is 3.48. The third-order valence-corrected chi connectivity index (χ3v) is 5.15. The van der Waals surface area contributed by atoms with Crippen LogP contribution in [0.25, 0.3) is 10.9 Å². The minimum Gasteiger partial charge on any atom is -0.452 e. The van der Waals surface area contributed by atoms with Crippen molar-refractivity contribution in [3.63, 3.8) is 0 Å². The van der Waals surface area contributed by atoms with Crippen LogP contribution in [0, 0.1) is 5.92 Å². The predicted octanol–water partition coefficient (Wildman–Crippen LogP) is 4.08. The Morgan fingerprint density at radius 3 is 2.47 bits per heavy atom. The average molecular weight is 499 g/mol. The van der Waals surface area contributed by atoms with Crippen molar-refractivity contribution in [2.75, 3.05) is 13.7 Å². The lowest BCUT2D eigenvalue weighted by atomic mass is 10.0. The molecule has 3 aromatic rings. The van der Waals surface area contributed by atoms with Crippen LogP contribution in [0.1, 0.15) is 67.4 Å². The monoisotopic (exact) mass is 498 g/mol. The number of Topliss-reactive ketones (excluding diaryl/α,β-unsaturated/α-hetero) is 1. The Labute approximate surface area is 208 Å². The highest BCUT2D eigenvalue weighted by Gasteiger charge is 2.27. The van der Waals surface area contributed by atoms with E-state index < -0.39 is 35.5 Å². The van der Waals surface area contributed by atoms with Crippen LogP contribution in [0.4, 0.5) is 9.59 Å². The van der Waals surface area contributed by atoms with Gasteiger partial charge in [-0.2, -0.15) is 0 Å². The molecule has 0 bridgehead atoms. The van der Waals surface area contributed by atoms with Gasteiger partial charge in [0, 0.05) is 17.1 Å². The summed E-state index contributed by atoms with van der Waals surface area (Å²) in [7, 11) is 1.25. The summed E-state index contributed by atoms with van der Waals surface area (Å²) in [6.45, 7) is 8.63. The lowest BCUT2D eigenvalue weighted by molar-refractivity contribution is 0.0479. The van der Waals surface area contributed by atoms with E-state index in [1.165, 1.54) is 17.9 Å². The van der Waals surface area contributed by atoms with Crippen LogP contribution in [0.2, 0.25) is 0 Å². The number of hydrogen-bond acceptors (Lipinski definition) is 8. The van der Waals surface area contributed by atoms with Crippen molar-refractivity contribution >= 4 is 34.8 Å². The summed E-state index contributed by atoms with van der Waals surface area (Å²) in [6.07, 6.45) is 1.27. The molecule has 2 heterocycles. The molecule has 0 saturated heterocycles. The number of carbonyl (C=O) groups excluding carboxylic acids is 4. The normalized spacial score (nSPS) is 12.3. The number of alkyl carbamates (subject to hydrolysis) is 1. The number of benzene rings is 1. The van der Waals surface area contributed by atoms with Crippen LogP contribution < -0.4 is 10.6 Å².